The van der Waals surface area contributed by atoms with Gasteiger partial charge in [0.1, 0.15) is 0 Å². The molecule has 1 aliphatic carbocycles. The van der Waals surface area contributed by atoms with Gasteiger partial charge in [-0.25, -0.2) is 9.59 Å². The molecule has 0 aliphatic heterocycles. The fourth-order valence-electron chi connectivity index (χ4n) is 6.12. The minimum Gasteiger partial charge on any atom is -0.478 e. The molecule has 0 aromatic heterocycles. The van der Waals surface area contributed by atoms with Crippen molar-refractivity contribution in [2.75, 3.05) is 39.3 Å². The second-order valence-electron chi connectivity index (χ2n) is 10.1. The number of carboxylic acids is 2. The summed E-state index contributed by atoms with van der Waals surface area (Å²) in [5, 5.41) is 21.9. The van der Waals surface area contributed by atoms with E-state index in [0.29, 0.717) is 12.0 Å². The zero-order valence-corrected chi connectivity index (χ0v) is 25.6. The molecule has 0 amide bonds. The van der Waals surface area contributed by atoms with Crippen LogP contribution in [0.2, 0.25) is 0 Å². The molecule has 0 bridgehead atoms. The van der Waals surface area contributed by atoms with Gasteiger partial charge in [0.2, 0.25) is 0 Å². The molecule has 3 aromatic rings. The van der Waals surface area contributed by atoms with Gasteiger partial charge in [0.25, 0.3) is 0 Å². The van der Waals surface area contributed by atoms with E-state index < -0.39 is 11.9 Å². The van der Waals surface area contributed by atoms with E-state index in [9.17, 15) is 19.8 Å². The first kappa shape index (κ1) is 33.6. The minimum atomic E-state index is -0.960. The molecule has 0 spiro atoms. The molecule has 0 fully saturated rings. The van der Waals surface area contributed by atoms with Crippen molar-refractivity contribution >= 4 is 47.5 Å². The van der Waals surface area contributed by atoms with E-state index in [1.807, 2.05) is 24.3 Å². The Morgan fingerprint density at radius 3 is 1.80 bits per heavy atom. The quantitative estimate of drug-likeness (QED) is 0.161. The maximum Gasteiger partial charge on any atom is 0.336 e. The third-order valence-corrected chi connectivity index (χ3v) is 8.18. The van der Waals surface area contributed by atoms with Crippen LogP contribution in [-0.4, -0.2) is 71.2 Å². The highest BCUT2D eigenvalue weighted by Gasteiger charge is 2.31. The normalized spacial score (nSPS) is 11.4. The number of aromatic carboxylic acids is 2. The summed E-state index contributed by atoms with van der Waals surface area (Å²) >= 11 is 0. The van der Waals surface area contributed by atoms with Gasteiger partial charge in [-0.3, -0.25) is 0 Å². The third kappa shape index (κ3) is 6.46. The molecule has 6 nitrogen and oxygen atoms in total. The second-order valence-corrected chi connectivity index (χ2v) is 10.1. The van der Waals surface area contributed by atoms with E-state index in [1.165, 1.54) is 0 Å². The number of fused-ring (bicyclic) bond motifs is 3. The van der Waals surface area contributed by atoms with Crippen LogP contribution in [-0.2, 0) is 12.8 Å². The van der Waals surface area contributed by atoms with E-state index in [1.54, 1.807) is 12.1 Å². The smallest absolute Gasteiger partial charge is 0.336 e. The number of rotatable bonds is 14. The van der Waals surface area contributed by atoms with E-state index >= 15 is 0 Å². The Kier molecular flexibility index (Phi) is 12.4. The van der Waals surface area contributed by atoms with E-state index in [2.05, 4.69) is 37.5 Å². The molecule has 1 aliphatic rings. The van der Waals surface area contributed by atoms with Crippen molar-refractivity contribution in [1.82, 2.24) is 9.80 Å². The maximum atomic E-state index is 12.8. The molecule has 0 unspecified atom stereocenters. The summed E-state index contributed by atoms with van der Waals surface area (Å²) in [6, 6.07) is 11.1. The van der Waals surface area contributed by atoms with Gasteiger partial charge >= 0.3 is 11.9 Å². The van der Waals surface area contributed by atoms with Crippen LogP contribution in [0.4, 0.5) is 0 Å². The summed E-state index contributed by atoms with van der Waals surface area (Å²) < 4.78 is 0. The molecule has 0 radical (unpaired) electrons. The molecule has 8 heteroatoms. The number of hydrogen-bond donors (Lipinski definition) is 2. The lowest BCUT2D eigenvalue weighted by Gasteiger charge is -2.23. The summed E-state index contributed by atoms with van der Waals surface area (Å²) in [5.74, 6) is -1.85. The van der Waals surface area contributed by atoms with Gasteiger partial charge < -0.3 is 20.0 Å². The second kappa shape index (κ2) is 14.8. The van der Waals surface area contributed by atoms with E-state index in [-0.39, 0.29) is 30.4 Å². The monoisotopic (exact) mass is 588 g/mol. The van der Waals surface area contributed by atoms with Crippen LogP contribution in [0, 0.1) is 0 Å². The van der Waals surface area contributed by atoms with Crippen LogP contribution < -0.4 is 0 Å². The summed E-state index contributed by atoms with van der Waals surface area (Å²) in [6.45, 7) is 14.5. The molecular formula is C32H42Cl2N2O4. The van der Waals surface area contributed by atoms with Crippen LogP contribution in [0.25, 0.3) is 33.0 Å². The average Bonchev–Trinajstić information content (AvgIpc) is 3.25. The number of halogens is 2. The van der Waals surface area contributed by atoms with Gasteiger partial charge in [-0.1, -0.05) is 52.0 Å². The van der Waals surface area contributed by atoms with Crippen molar-refractivity contribution in [3.8, 4) is 22.3 Å². The predicted octanol–water partition coefficient (Wildman–Crippen LogP) is 7.28. The standard InChI is InChI=1S/C32H40N2O4.2ClH/c1-5-33(6-2)18-10-14-22-23(15-11-19-34(7-3)8-4)30(32(37)38)26-13-9-12-24-27-20-21(31(35)36)16-17-25(27)28(22)29(24)26;;/h9,12-13,16-17,20H,5-8,10-11,14-15,18-19H2,1-4H3,(H,35,36)(H,37,38);2*1H. The van der Waals surface area contributed by atoms with Crippen molar-refractivity contribution < 1.29 is 19.8 Å². The van der Waals surface area contributed by atoms with Crippen LogP contribution in [0.15, 0.2) is 36.4 Å². The van der Waals surface area contributed by atoms with Gasteiger partial charge in [-0.15, -0.1) is 24.8 Å². The number of carbonyl (C=O) groups is 2. The van der Waals surface area contributed by atoms with Crippen molar-refractivity contribution in [1.29, 1.82) is 0 Å². The van der Waals surface area contributed by atoms with Crippen molar-refractivity contribution in [3.63, 3.8) is 0 Å². The van der Waals surface area contributed by atoms with Gasteiger partial charge in [0.05, 0.1) is 11.1 Å². The Morgan fingerprint density at radius 2 is 1.27 bits per heavy atom. The summed E-state index contributed by atoms with van der Waals surface area (Å²) in [7, 11) is 0. The molecule has 0 atom stereocenters. The Balaban J connectivity index is 0.00000280. The van der Waals surface area contributed by atoms with Crippen LogP contribution in [0.5, 0.6) is 0 Å². The summed E-state index contributed by atoms with van der Waals surface area (Å²) in [5.41, 5.74) is 6.65. The van der Waals surface area contributed by atoms with Crippen molar-refractivity contribution in [2.45, 2.75) is 53.4 Å². The zero-order chi connectivity index (χ0) is 27.4. The minimum absolute atomic E-state index is 0. The topological polar surface area (TPSA) is 81.1 Å². The summed E-state index contributed by atoms with van der Waals surface area (Å²) in [4.78, 5) is 29.4. The van der Waals surface area contributed by atoms with Gasteiger partial charge in [-0.05, 0) is 121 Å². The molecular weight excluding hydrogens is 547 g/mol. The first-order chi connectivity index (χ1) is 18.4. The molecule has 218 valence electrons. The van der Waals surface area contributed by atoms with Crippen LogP contribution in [0.3, 0.4) is 0 Å². The number of carboxylic acid groups (broad SMARTS) is 2. The molecule has 0 saturated heterocycles. The SMILES string of the molecule is CCN(CC)CCCc1c(CCCN(CC)CC)c2c3c(cccc3c1C(=O)O)-c1cc(C(=O)O)ccc1-2.Cl.Cl. The fraction of sp³-hybridized carbons (Fsp3) is 0.438. The lowest BCUT2D eigenvalue weighted by Crippen LogP contribution is -2.25. The summed E-state index contributed by atoms with van der Waals surface area (Å²) in [6.07, 6.45) is 3.32. The molecule has 3 aromatic carbocycles. The molecule has 2 N–H and O–H groups in total. The highest BCUT2D eigenvalue weighted by atomic mass is 35.5. The Bertz CT molecular complexity index is 1350. The number of hydrogen-bond acceptors (Lipinski definition) is 4. The first-order valence-corrected chi connectivity index (χ1v) is 14.0. The zero-order valence-electron chi connectivity index (χ0n) is 24.0. The van der Waals surface area contributed by atoms with Crippen molar-refractivity contribution in [2.24, 2.45) is 0 Å². The molecule has 40 heavy (non-hydrogen) atoms. The first-order valence-electron chi connectivity index (χ1n) is 14.0. The predicted molar refractivity (Wildman–Crippen MR) is 169 cm³/mol. The molecule has 0 saturated carbocycles. The van der Waals surface area contributed by atoms with Gasteiger partial charge in [0, 0.05) is 0 Å². The fourth-order valence-corrected chi connectivity index (χ4v) is 6.12. The van der Waals surface area contributed by atoms with Crippen molar-refractivity contribution in [3.05, 3.63) is 58.7 Å². The van der Waals surface area contributed by atoms with E-state index in [4.69, 9.17) is 0 Å². The highest BCUT2D eigenvalue weighted by molar-refractivity contribution is 6.21. The maximum absolute atomic E-state index is 12.8. The van der Waals surface area contributed by atoms with Crippen LogP contribution >= 0.6 is 24.8 Å². The lowest BCUT2D eigenvalue weighted by atomic mass is 9.84. The third-order valence-electron chi connectivity index (χ3n) is 8.18. The Hall–Kier alpha value is -2.64. The number of nitrogens with zero attached hydrogens (tertiary/aromatic N) is 2. The largest absolute Gasteiger partial charge is 0.478 e. The van der Waals surface area contributed by atoms with Gasteiger partial charge in [0.15, 0.2) is 0 Å². The Morgan fingerprint density at radius 1 is 0.700 bits per heavy atom. The van der Waals surface area contributed by atoms with Gasteiger partial charge in [-0.2, -0.15) is 0 Å². The molecule has 4 rings (SSSR count). The number of benzene rings is 3. The van der Waals surface area contributed by atoms with Crippen LogP contribution in [0.1, 0.15) is 72.4 Å². The molecule has 0 heterocycles. The van der Waals surface area contributed by atoms with E-state index in [0.717, 1.165) is 103 Å². The Labute approximate surface area is 250 Å². The average molecular weight is 590 g/mol. The highest BCUT2D eigenvalue weighted by Crippen LogP contribution is 2.51. The lowest BCUT2D eigenvalue weighted by molar-refractivity contribution is 0.0686.